The van der Waals surface area contributed by atoms with Crippen LogP contribution in [0.25, 0.3) is 10.9 Å². The molecule has 4 rings (SSSR count). The third-order valence-electron chi connectivity index (χ3n) is 6.80. The van der Waals surface area contributed by atoms with Gasteiger partial charge in [-0.15, -0.1) is 0 Å². The van der Waals surface area contributed by atoms with Gasteiger partial charge in [0.15, 0.2) is 0 Å². The Bertz CT molecular complexity index is 1070. The number of para-hydroxylation sites is 1. The first-order valence-corrected chi connectivity index (χ1v) is 11.9. The zero-order valence-corrected chi connectivity index (χ0v) is 19.3. The molecule has 1 atom stereocenters. The lowest BCUT2D eigenvalue weighted by Crippen LogP contribution is -2.40. The zero-order chi connectivity index (χ0) is 22.5. The number of methoxy groups -OCH3 is 1. The van der Waals surface area contributed by atoms with Crippen LogP contribution in [0.4, 0.5) is 0 Å². The second kappa shape index (κ2) is 10.2. The van der Waals surface area contributed by atoms with Crippen molar-refractivity contribution in [2.75, 3.05) is 20.2 Å². The number of aromatic nitrogens is 1. The van der Waals surface area contributed by atoms with Gasteiger partial charge in [-0.1, -0.05) is 37.3 Å². The maximum Gasteiger partial charge on any atom is 0.265 e. The van der Waals surface area contributed by atoms with E-state index in [4.69, 9.17) is 10.5 Å². The number of primary amides is 1. The van der Waals surface area contributed by atoms with E-state index in [1.165, 1.54) is 17.5 Å². The molecule has 0 fully saturated rings. The lowest BCUT2D eigenvalue weighted by atomic mass is 9.86. The number of carbonyl (C=O) groups is 1. The highest BCUT2D eigenvalue weighted by Crippen LogP contribution is 2.31. The molecule has 0 saturated carbocycles. The first-order valence-electron chi connectivity index (χ1n) is 11.9. The van der Waals surface area contributed by atoms with Crippen LogP contribution in [0.3, 0.4) is 0 Å². The Morgan fingerprint density at radius 2 is 2.00 bits per heavy atom. The molecule has 1 aliphatic carbocycles. The summed E-state index contributed by atoms with van der Waals surface area (Å²) in [4.78, 5) is 14.6. The number of amides is 1. The molecule has 1 heterocycles. The van der Waals surface area contributed by atoms with Gasteiger partial charge in [0, 0.05) is 23.5 Å². The predicted octanol–water partition coefficient (Wildman–Crippen LogP) is 4.80. The Balaban J connectivity index is 1.39. The van der Waals surface area contributed by atoms with E-state index in [2.05, 4.69) is 40.7 Å². The van der Waals surface area contributed by atoms with Gasteiger partial charge in [0.05, 0.1) is 7.11 Å². The van der Waals surface area contributed by atoms with E-state index in [9.17, 15) is 4.79 Å². The van der Waals surface area contributed by atoms with E-state index in [0.717, 1.165) is 68.4 Å². The molecule has 3 aromatic rings. The number of rotatable bonds is 10. The fourth-order valence-electron chi connectivity index (χ4n) is 5.26. The van der Waals surface area contributed by atoms with Crippen molar-refractivity contribution in [3.63, 3.8) is 0 Å². The Morgan fingerprint density at radius 3 is 2.78 bits per heavy atom. The lowest BCUT2D eigenvalue weighted by molar-refractivity contribution is 0.0991. The van der Waals surface area contributed by atoms with Crippen LogP contribution in [0.1, 0.15) is 54.2 Å². The maximum atomic E-state index is 12.0. The summed E-state index contributed by atoms with van der Waals surface area (Å²) in [6, 6.07) is 17.1. The van der Waals surface area contributed by atoms with Gasteiger partial charge in [-0.25, -0.2) is 0 Å². The summed E-state index contributed by atoms with van der Waals surface area (Å²) in [5.74, 6) is 0.678. The molecule has 170 valence electrons. The normalized spacial score (nSPS) is 15.8. The molecular weight excluding hydrogens is 398 g/mol. The number of benzene rings is 2. The highest BCUT2D eigenvalue weighted by molar-refractivity contribution is 5.97. The third kappa shape index (κ3) is 4.68. The van der Waals surface area contributed by atoms with Crippen LogP contribution in [0.2, 0.25) is 0 Å². The molecule has 0 radical (unpaired) electrons. The Morgan fingerprint density at radius 1 is 1.16 bits per heavy atom. The van der Waals surface area contributed by atoms with Crippen LogP contribution in [-0.4, -0.2) is 41.6 Å². The number of unbranched alkanes of at least 4 members (excludes halogenated alkanes) is 1. The summed E-state index contributed by atoms with van der Waals surface area (Å²) >= 11 is 0. The standard InChI is InChI=1S/C27H35N3O2/c1-3-15-29(22-13-14-23-20(18-22)10-8-12-26(23)32-2)16-6-7-17-30-24-11-5-4-9-21(24)19-25(30)27(28)31/h4-5,8-12,19,22H,3,6-7,13-18H2,1-2H3,(H2,28,31). The molecule has 0 spiro atoms. The third-order valence-corrected chi connectivity index (χ3v) is 6.80. The van der Waals surface area contributed by atoms with E-state index in [-0.39, 0.29) is 5.91 Å². The molecule has 1 unspecified atom stereocenters. The molecule has 5 heteroatoms. The highest BCUT2D eigenvalue weighted by atomic mass is 16.5. The van der Waals surface area contributed by atoms with Gasteiger partial charge in [0.2, 0.25) is 0 Å². The number of nitrogens with zero attached hydrogens (tertiary/aromatic N) is 2. The summed E-state index contributed by atoms with van der Waals surface area (Å²) in [6.07, 6.45) is 6.65. The van der Waals surface area contributed by atoms with Crippen molar-refractivity contribution in [2.24, 2.45) is 5.73 Å². The van der Waals surface area contributed by atoms with Crippen LogP contribution in [0.5, 0.6) is 5.75 Å². The molecule has 2 aromatic carbocycles. The fourth-order valence-corrected chi connectivity index (χ4v) is 5.26. The van der Waals surface area contributed by atoms with Crippen molar-refractivity contribution in [1.82, 2.24) is 9.47 Å². The number of fused-ring (bicyclic) bond motifs is 2. The second-order valence-electron chi connectivity index (χ2n) is 8.84. The van der Waals surface area contributed by atoms with Crippen molar-refractivity contribution in [1.29, 1.82) is 0 Å². The van der Waals surface area contributed by atoms with Crippen molar-refractivity contribution < 1.29 is 9.53 Å². The molecule has 2 N–H and O–H groups in total. The first-order chi connectivity index (χ1) is 15.6. The molecule has 0 aliphatic heterocycles. The van der Waals surface area contributed by atoms with Crippen LogP contribution in [-0.2, 0) is 19.4 Å². The highest BCUT2D eigenvalue weighted by Gasteiger charge is 2.25. The number of hydrogen-bond donors (Lipinski definition) is 1. The van der Waals surface area contributed by atoms with Crippen LogP contribution in [0.15, 0.2) is 48.5 Å². The van der Waals surface area contributed by atoms with E-state index in [0.29, 0.717) is 11.7 Å². The van der Waals surface area contributed by atoms with Gasteiger partial charge in [-0.2, -0.15) is 0 Å². The summed E-state index contributed by atoms with van der Waals surface area (Å²) in [6.45, 7) is 5.29. The average Bonchev–Trinajstić information content (AvgIpc) is 3.19. The van der Waals surface area contributed by atoms with E-state index in [1.54, 1.807) is 7.11 Å². The van der Waals surface area contributed by atoms with Crippen LogP contribution >= 0.6 is 0 Å². The lowest BCUT2D eigenvalue weighted by Gasteiger charge is -2.35. The summed E-state index contributed by atoms with van der Waals surface area (Å²) in [7, 11) is 1.77. The van der Waals surface area contributed by atoms with Crippen molar-refractivity contribution in [3.05, 3.63) is 65.4 Å². The number of aryl methyl sites for hydroxylation is 1. The fraction of sp³-hybridized carbons (Fsp3) is 0.444. The van der Waals surface area contributed by atoms with Crippen LogP contribution in [0, 0.1) is 0 Å². The van der Waals surface area contributed by atoms with E-state index < -0.39 is 0 Å². The Kier molecular flexibility index (Phi) is 7.15. The second-order valence-corrected chi connectivity index (χ2v) is 8.84. The molecule has 32 heavy (non-hydrogen) atoms. The minimum Gasteiger partial charge on any atom is -0.496 e. The van der Waals surface area contributed by atoms with Gasteiger partial charge in [-0.05, 0) is 80.9 Å². The topological polar surface area (TPSA) is 60.5 Å². The summed E-state index contributed by atoms with van der Waals surface area (Å²) < 4.78 is 7.67. The molecule has 1 amide bonds. The van der Waals surface area contributed by atoms with Gasteiger partial charge >= 0.3 is 0 Å². The van der Waals surface area contributed by atoms with E-state index in [1.807, 2.05) is 24.3 Å². The largest absolute Gasteiger partial charge is 0.496 e. The minimum absolute atomic E-state index is 0.356. The first kappa shape index (κ1) is 22.4. The summed E-state index contributed by atoms with van der Waals surface area (Å²) in [5.41, 5.74) is 10.2. The van der Waals surface area contributed by atoms with Crippen molar-refractivity contribution in [3.8, 4) is 5.75 Å². The number of ether oxygens (including phenoxy) is 1. The number of hydrogen-bond acceptors (Lipinski definition) is 3. The maximum absolute atomic E-state index is 12.0. The van der Waals surface area contributed by atoms with Crippen molar-refractivity contribution >= 4 is 16.8 Å². The van der Waals surface area contributed by atoms with E-state index >= 15 is 0 Å². The predicted molar refractivity (Wildman–Crippen MR) is 130 cm³/mol. The van der Waals surface area contributed by atoms with Crippen molar-refractivity contribution in [2.45, 2.75) is 58.0 Å². The molecule has 1 aromatic heterocycles. The molecular formula is C27H35N3O2. The van der Waals surface area contributed by atoms with Gasteiger partial charge in [0.25, 0.3) is 5.91 Å². The molecule has 5 nitrogen and oxygen atoms in total. The smallest absolute Gasteiger partial charge is 0.265 e. The summed E-state index contributed by atoms with van der Waals surface area (Å²) in [5, 5.41) is 1.07. The SMILES string of the molecule is CCCN(CCCCn1c(C(N)=O)cc2ccccc21)C1CCc2c(cccc2OC)C1. The quantitative estimate of drug-likeness (QED) is 0.467. The average molecular weight is 434 g/mol. The van der Waals surface area contributed by atoms with Gasteiger partial charge in [0.1, 0.15) is 11.4 Å². The Labute approximate surface area is 191 Å². The molecule has 0 saturated heterocycles. The minimum atomic E-state index is -0.356. The zero-order valence-electron chi connectivity index (χ0n) is 19.3. The molecule has 1 aliphatic rings. The molecule has 0 bridgehead atoms. The van der Waals surface area contributed by atoms with Crippen LogP contribution < -0.4 is 10.5 Å². The number of nitrogens with two attached hydrogens (primary N) is 1. The monoisotopic (exact) mass is 433 g/mol. The Hall–Kier alpha value is -2.79. The van der Waals surface area contributed by atoms with Gasteiger partial charge in [-0.3, -0.25) is 4.79 Å². The van der Waals surface area contributed by atoms with Gasteiger partial charge < -0.3 is 19.9 Å². The number of carbonyl (C=O) groups excluding carboxylic acids is 1.